The van der Waals surface area contributed by atoms with E-state index in [0.29, 0.717) is 0 Å². The summed E-state index contributed by atoms with van der Waals surface area (Å²) in [5, 5.41) is 3.55. The molecule has 9 rings (SSSR count). The average Bonchev–Trinajstić information content (AvgIpc) is 3.37. The topological polar surface area (TPSA) is 51.6 Å². The molecule has 0 bridgehead atoms. The number of pyridine rings is 4. The summed E-state index contributed by atoms with van der Waals surface area (Å²) in [4.78, 5) is 19.6. The standard InChI is InChI=1S/C43H30N4/c1-43(2)34-14-6-5-13-32(34)42-40(43)39(33-22-21-28-11-3-4-12-31(28)41(33)47-42)29-19-17-27(18-20-29)30-25-37(35-15-7-9-23-44-35)46-38(26-30)36-16-8-10-24-45-36/h3-26H,1-2H3. The van der Waals surface area contributed by atoms with Crippen molar-refractivity contribution in [2.75, 3.05) is 0 Å². The van der Waals surface area contributed by atoms with E-state index in [1.807, 2.05) is 36.4 Å². The van der Waals surface area contributed by atoms with Gasteiger partial charge in [-0.05, 0) is 75.2 Å². The Morgan fingerprint density at radius 3 is 1.83 bits per heavy atom. The fourth-order valence-electron chi connectivity index (χ4n) is 7.29. The van der Waals surface area contributed by atoms with Crippen LogP contribution < -0.4 is 0 Å². The molecule has 0 aliphatic heterocycles. The summed E-state index contributed by atoms with van der Waals surface area (Å²) in [6.45, 7) is 4.67. The Bertz CT molecular complexity index is 2410. The largest absolute Gasteiger partial charge is 0.255 e. The maximum absolute atomic E-state index is 5.43. The molecular formula is C43H30N4. The first-order chi connectivity index (χ1) is 23.1. The fourth-order valence-corrected chi connectivity index (χ4v) is 7.29. The molecule has 0 unspecified atom stereocenters. The Labute approximate surface area is 273 Å². The lowest BCUT2D eigenvalue weighted by atomic mass is 9.78. The lowest BCUT2D eigenvalue weighted by molar-refractivity contribution is 0.662. The molecule has 1 aliphatic carbocycles. The van der Waals surface area contributed by atoms with Crippen molar-refractivity contribution in [3.8, 4) is 56.3 Å². The quantitative estimate of drug-likeness (QED) is 0.188. The first-order valence-electron chi connectivity index (χ1n) is 16.0. The predicted molar refractivity (Wildman–Crippen MR) is 192 cm³/mol. The molecule has 8 aromatic rings. The zero-order valence-electron chi connectivity index (χ0n) is 26.1. The van der Waals surface area contributed by atoms with Gasteiger partial charge in [0.25, 0.3) is 0 Å². The minimum absolute atomic E-state index is 0.201. The predicted octanol–water partition coefficient (Wildman–Crippen LogP) is 10.5. The Hall–Kier alpha value is -6.00. The van der Waals surface area contributed by atoms with Crippen molar-refractivity contribution in [2.24, 2.45) is 0 Å². The van der Waals surface area contributed by atoms with E-state index >= 15 is 0 Å². The molecule has 0 atom stereocenters. The minimum Gasteiger partial charge on any atom is -0.255 e. The molecule has 4 aromatic carbocycles. The van der Waals surface area contributed by atoms with E-state index in [1.165, 1.54) is 44.0 Å². The highest BCUT2D eigenvalue weighted by atomic mass is 14.8. The highest BCUT2D eigenvalue weighted by Gasteiger charge is 2.39. The van der Waals surface area contributed by atoms with Gasteiger partial charge in [-0.2, -0.15) is 0 Å². The highest BCUT2D eigenvalue weighted by molar-refractivity contribution is 6.13. The molecule has 0 radical (unpaired) electrons. The molecule has 222 valence electrons. The summed E-state index contributed by atoms with van der Waals surface area (Å²) in [7, 11) is 0. The van der Waals surface area contributed by atoms with Crippen molar-refractivity contribution in [2.45, 2.75) is 19.3 Å². The van der Waals surface area contributed by atoms with Gasteiger partial charge >= 0.3 is 0 Å². The van der Waals surface area contributed by atoms with Crippen LogP contribution in [0.1, 0.15) is 25.0 Å². The first kappa shape index (κ1) is 27.3. The molecule has 0 amide bonds. The van der Waals surface area contributed by atoms with Gasteiger partial charge in [-0.15, -0.1) is 0 Å². The maximum Gasteiger partial charge on any atom is 0.0900 e. The van der Waals surface area contributed by atoms with E-state index in [1.54, 1.807) is 12.4 Å². The number of hydrogen-bond acceptors (Lipinski definition) is 4. The van der Waals surface area contributed by atoms with Crippen molar-refractivity contribution in [1.82, 2.24) is 19.9 Å². The first-order valence-corrected chi connectivity index (χ1v) is 16.0. The van der Waals surface area contributed by atoms with Gasteiger partial charge in [0, 0.05) is 34.1 Å². The zero-order chi connectivity index (χ0) is 31.5. The van der Waals surface area contributed by atoms with Gasteiger partial charge in [-0.1, -0.05) is 111 Å². The van der Waals surface area contributed by atoms with Gasteiger partial charge in [0.15, 0.2) is 0 Å². The summed E-state index contributed by atoms with van der Waals surface area (Å²) < 4.78 is 0. The van der Waals surface area contributed by atoms with Gasteiger partial charge in [-0.3, -0.25) is 9.97 Å². The van der Waals surface area contributed by atoms with Crippen LogP contribution in [0.4, 0.5) is 0 Å². The molecule has 4 heteroatoms. The molecule has 47 heavy (non-hydrogen) atoms. The van der Waals surface area contributed by atoms with E-state index in [9.17, 15) is 0 Å². The Balaban J connectivity index is 1.25. The van der Waals surface area contributed by atoms with E-state index in [-0.39, 0.29) is 5.41 Å². The van der Waals surface area contributed by atoms with Crippen LogP contribution in [0.5, 0.6) is 0 Å². The van der Waals surface area contributed by atoms with Crippen molar-refractivity contribution in [3.63, 3.8) is 0 Å². The van der Waals surface area contributed by atoms with Crippen LogP contribution >= 0.6 is 0 Å². The van der Waals surface area contributed by atoms with Gasteiger partial charge < -0.3 is 0 Å². The highest BCUT2D eigenvalue weighted by Crippen LogP contribution is 2.53. The number of hydrogen-bond donors (Lipinski definition) is 0. The monoisotopic (exact) mass is 602 g/mol. The number of benzene rings is 4. The van der Waals surface area contributed by atoms with Crippen molar-refractivity contribution >= 4 is 21.7 Å². The molecule has 0 N–H and O–H groups in total. The normalized spacial score (nSPS) is 13.1. The van der Waals surface area contributed by atoms with Crippen LogP contribution in [-0.2, 0) is 5.41 Å². The molecule has 0 saturated heterocycles. The van der Waals surface area contributed by atoms with E-state index in [0.717, 1.165) is 45.1 Å². The van der Waals surface area contributed by atoms with Crippen molar-refractivity contribution in [1.29, 1.82) is 0 Å². The zero-order valence-corrected chi connectivity index (χ0v) is 26.1. The summed E-state index contributed by atoms with van der Waals surface area (Å²) in [6.07, 6.45) is 3.61. The van der Waals surface area contributed by atoms with Crippen LogP contribution in [0, 0.1) is 0 Å². The van der Waals surface area contributed by atoms with Gasteiger partial charge in [0.05, 0.1) is 34.0 Å². The fraction of sp³-hybridized carbons (Fsp3) is 0.0698. The average molecular weight is 603 g/mol. The second-order valence-corrected chi connectivity index (χ2v) is 12.7. The SMILES string of the molecule is CC1(C)c2ccccc2-c2nc3c(ccc4ccccc43)c(-c3ccc(-c4cc(-c5ccccn5)nc(-c5ccccn5)c4)cc3)c21. The van der Waals surface area contributed by atoms with E-state index in [4.69, 9.17) is 9.97 Å². The van der Waals surface area contributed by atoms with E-state index in [2.05, 4.69) is 121 Å². The lowest BCUT2D eigenvalue weighted by Crippen LogP contribution is -2.16. The van der Waals surface area contributed by atoms with Gasteiger partial charge in [0.2, 0.25) is 0 Å². The number of nitrogens with zero attached hydrogens (tertiary/aromatic N) is 4. The number of fused-ring (bicyclic) bond motifs is 6. The van der Waals surface area contributed by atoms with Crippen molar-refractivity contribution in [3.05, 3.63) is 157 Å². The third-order valence-electron chi connectivity index (χ3n) is 9.55. The second kappa shape index (κ2) is 10.5. The Morgan fingerprint density at radius 2 is 1.13 bits per heavy atom. The van der Waals surface area contributed by atoms with Gasteiger partial charge in [-0.25, -0.2) is 9.97 Å². The minimum atomic E-state index is -0.201. The molecule has 4 nitrogen and oxygen atoms in total. The van der Waals surface area contributed by atoms with Gasteiger partial charge in [0.1, 0.15) is 0 Å². The number of rotatable bonds is 4. The molecular weight excluding hydrogens is 573 g/mol. The summed E-state index contributed by atoms with van der Waals surface area (Å²) >= 11 is 0. The van der Waals surface area contributed by atoms with Crippen molar-refractivity contribution < 1.29 is 0 Å². The molecule has 1 aliphatic rings. The summed E-state index contributed by atoms with van der Waals surface area (Å²) in [5.41, 5.74) is 13.7. The molecule has 0 saturated carbocycles. The Morgan fingerprint density at radius 1 is 0.489 bits per heavy atom. The number of aromatic nitrogens is 4. The van der Waals surface area contributed by atoms with Crippen LogP contribution in [-0.4, -0.2) is 19.9 Å². The second-order valence-electron chi connectivity index (χ2n) is 12.7. The lowest BCUT2D eigenvalue weighted by Gasteiger charge is -2.25. The summed E-state index contributed by atoms with van der Waals surface area (Å²) in [6, 6.07) is 46.8. The molecule has 0 fully saturated rings. The molecule has 4 heterocycles. The van der Waals surface area contributed by atoms with Crippen LogP contribution in [0.3, 0.4) is 0 Å². The Kier molecular flexibility index (Phi) is 6.12. The van der Waals surface area contributed by atoms with Crippen LogP contribution in [0.2, 0.25) is 0 Å². The van der Waals surface area contributed by atoms with Crippen LogP contribution in [0.15, 0.2) is 146 Å². The third-order valence-corrected chi connectivity index (χ3v) is 9.55. The smallest absolute Gasteiger partial charge is 0.0900 e. The molecule has 4 aromatic heterocycles. The molecule has 0 spiro atoms. The summed E-state index contributed by atoms with van der Waals surface area (Å²) in [5.74, 6) is 0. The van der Waals surface area contributed by atoms with Crippen LogP contribution in [0.25, 0.3) is 78.0 Å². The van der Waals surface area contributed by atoms with E-state index < -0.39 is 0 Å². The third kappa shape index (κ3) is 4.37. The maximum atomic E-state index is 5.43.